The highest BCUT2D eigenvalue weighted by Crippen LogP contribution is 2.28. The smallest absolute Gasteiger partial charge is 0.378 e. The van der Waals surface area contributed by atoms with E-state index >= 15 is 0 Å². The Kier molecular flexibility index (Phi) is 10.9. The van der Waals surface area contributed by atoms with Crippen LogP contribution in [0.3, 0.4) is 0 Å². The quantitative estimate of drug-likeness (QED) is 0.0825. The Balaban J connectivity index is 1.32. The van der Waals surface area contributed by atoms with Gasteiger partial charge in [-0.15, -0.1) is 0 Å². The normalized spacial score (nSPS) is 16.8. The minimum Gasteiger partial charge on any atom is -0.508 e. The van der Waals surface area contributed by atoms with Gasteiger partial charge in [0.2, 0.25) is 17.6 Å². The molecule has 0 unspecified atom stereocenters. The van der Waals surface area contributed by atoms with E-state index in [1.807, 2.05) is 24.3 Å². The lowest BCUT2D eigenvalue weighted by Gasteiger charge is -2.26. The summed E-state index contributed by atoms with van der Waals surface area (Å²) in [6, 6.07) is 18.7. The third kappa shape index (κ3) is 8.61. The van der Waals surface area contributed by atoms with Crippen molar-refractivity contribution in [3.05, 3.63) is 113 Å². The fourth-order valence-electron chi connectivity index (χ4n) is 5.23. The number of cyclic esters (lactones) is 1. The molecule has 0 saturated heterocycles. The Morgan fingerprint density at radius 2 is 1.39 bits per heavy atom. The van der Waals surface area contributed by atoms with E-state index in [4.69, 9.17) is 36.1 Å². The zero-order chi connectivity index (χ0) is 35.1. The van der Waals surface area contributed by atoms with Crippen molar-refractivity contribution in [2.24, 2.45) is 17.2 Å². The molecule has 0 aliphatic carbocycles. The summed E-state index contributed by atoms with van der Waals surface area (Å²) in [7, 11) is 0. The third-order valence-corrected chi connectivity index (χ3v) is 7.84. The molecule has 2 heterocycles. The number of aromatic hydroxyl groups is 1. The molecule has 0 spiro atoms. The Morgan fingerprint density at radius 3 is 2.10 bits per heavy atom. The number of phenols is 1. The van der Waals surface area contributed by atoms with Crippen LogP contribution in [0, 0.1) is 0 Å². The Bertz CT molecular complexity index is 1840. The summed E-state index contributed by atoms with van der Waals surface area (Å²) >= 11 is 0. The number of ether oxygens (including phenoxy) is 4. The summed E-state index contributed by atoms with van der Waals surface area (Å²) in [6.45, 7) is -0.726. The van der Waals surface area contributed by atoms with Crippen molar-refractivity contribution in [3.63, 3.8) is 0 Å². The molecule has 9 N–H and O–H groups in total. The Morgan fingerprint density at radius 1 is 0.776 bits per heavy atom. The molecule has 1 aliphatic heterocycles. The van der Waals surface area contributed by atoms with E-state index in [0.29, 0.717) is 5.56 Å². The standard InChI is InChI=1S/C35H36N4O10/c36-24(15-20-10-12-22(40)13-11-20)32(42)46-18-28(47-33(43)26(38)16-21-17-39-27-9-5-4-8-23(21)27)30-31(29(41)35(45)48-30)49-34(44)25(37)14-19-6-2-1-3-7-19/h1-13,17,24-26,28,30,39-41H,14-16,18,36-38H2/t24-,25-,26-,28-,30+/m0/s1. The minimum atomic E-state index is -1.72. The van der Waals surface area contributed by atoms with Crippen LogP contribution < -0.4 is 17.2 Å². The van der Waals surface area contributed by atoms with Gasteiger partial charge in [-0.3, -0.25) is 9.59 Å². The van der Waals surface area contributed by atoms with Gasteiger partial charge in [0.25, 0.3) is 0 Å². The average molecular weight is 673 g/mol. The van der Waals surface area contributed by atoms with E-state index in [9.17, 15) is 29.4 Å². The van der Waals surface area contributed by atoms with Gasteiger partial charge in [0.05, 0.1) is 0 Å². The van der Waals surface area contributed by atoms with Crippen LogP contribution in [0.2, 0.25) is 0 Å². The summed E-state index contributed by atoms with van der Waals surface area (Å²) in [6.07, 6.45) is -1.47. The van der Waals surface area contributed by atoms with Gasteiger partial charge in [-0.1, -0.05) is 60.7 Å². The number of carbonyl (C=O) groups excluding carboxylic acids is 4. The first-order valence-corrected chi connectivity index (χ1v) is 15.4. The van der Waals surface area contributed by atoms with Crippen molar-refractivity contribution in [3.8, 4) is 5.75 Å². The van der Waals surface area contributed by atoms with Crippen molar-refractivity contribution in [2.45, 2.75) is 49.6 Å². The number of benzene rings is 3. The van der Waals surface area contributed by atoms with Gasteiger partial charge in [-0.25, -0.2) is 9.59 Å². The number of hydrogen-bond donors (Lipinski definition) is 6. The second kappa shape index (κ2) is 15.5. The van der Waals surface area contributed by atoms with Crippen LogP contribution in [0.15, 0.2) is 96.6 Å². The van der Waals surface area contributed by atoms with E-state index in [1.165, 1.54) is 12.1 Å². The Labute approximate surface area is 280 Å². The van der Waals surface area contributed by atoms with Crippen molar-refractivity contribution in [2.75, 3.05) is 6.61 Å². The molecule has 5 atom stereocenters. The van der Waals surface area contributed by atoms with Crippen LogP contribution in [-0.4, -0.2) is 76.0 Å². The molecule has 14 heteroatoms. The molecule has 0 radical (unpaired) electrons. The number of nitrogens with two attached hydrogens (primary N) is 3. The SMILES string of the molecule is N[C@@H](Cc1ccc(O)cc1)C(=O)OC[C@H](OC(=O)[C@@H](N)Cc1c[nH]c2ccccc12)[C@H]1OC(=O)C(O)=C1OC(=O)[C@@H](N)Cc1ccccc1. The second-order valence-electron chi connectivity index (χ2n) is 11.5. The van der Waals surface area contributed by atoms with Crippen LogP contribution >= 0.6 is 0 Å². The molecule has 5 rings (SSSR count). The minimum absolute atomic E-state index is 0.0346. The molecule has 0 saturated carbocycles. The fraction of sp³-hybridized carbons (Fsp3) is 0.257. The monoisotopic (exact) mass is 672 g/mol. The van der Waals surface area contributed by atoms with Gasteiger partial charge >= 0.3 is 23.9 Å². The highest BCUT2D eigenvalue weighted by molar-refractivity contribution is 5.90. The van der Waals surface area contributed by atoms with Crippen LogP contribution in [0.5, 0.6) is 5.75 Å². The number of aromatic amines is 1. The van der Waals surface area contributed by atoms with E-state index in [-0.39, 0.29) is 25.0 Å². The number of rotatable bonds is 14. The summed E-state index contributed by atoms with van der Waals surface area (Å²) in [4.78, 5) is 54.8. The molecule has 0 amide bonds. The second-order valence-corrected chi connectivity index (χ2v) is 11.5. The van der Waals surface area contributed by atoms with Gasteiger partial charge in [-0.2, -0.15) is 0 Å². The molecule has 49 heavy (non-hydrogen) atoms. The summed E-state index contributed by atoms with van der Waals surface area (Å²) < 4.78 is 21.6. The van der Waals surface area contributed by atoms with Crippen LogP contribution in [0.4, 0.5) is 0 Å². The first-order valence-electron chi connectivity index (χ1n) is 15.4. The number of aliphatic hydroxyl groups excluding tert-OH is 1. The zero-order valence-corrected chi connectivity index (χ0v) is 26.2. The topological polar surface area (TPSA) is 240 Å². The van der Waals surface area contributed by atoms with Crippen molar-refractivity contribution < 1.29 is 48.3 Å². The van der Waals surface area contributed by atoms with Crippen LogP contribution in [0.1, 0.15) is 16.7 Å². The molecular formula is C35H36N4O10. The number of esters is 4. The maximum absolute atomic E-state index is 13.3. The third-order valence-electron chi connectivity index (χ3n) is 7.84. The molecular weight excluding hydrogens is 636 g/mol. The van der Waals surface area contributed by atoms with Gasteiger partial charge in [-0.05, 0) is 47.7 Å². The lowest BCUT2D eigenvalue weighted by molar-refractivity contribution is -0.173. The predicted molar refractivity (Wildman–Crippen MR) is 174 cm³/mol. The number of para-hydroxylation sites is 1. The maximum Gasteiger partial charge on any atom is 0.378 e. The van der Waals surface area contributed by atoms with Crippen molar-refractivity contribution in [1.29, 1.82) is 0 Å². The van der Waals surface area contributed by atoms with E-state index in [0.717, 1.165) is 22.0 Å². The highest BCUT2D eigenvalue weighted by atomic mass is 16.6. The fourth-order valence-corrected chi connectivity index (χ4v) is 5.23. The number of hydrogen-bond acceptors (Lipinski definition) is 13. The molecule has 1 aliphatic rings. The number of nitrogens with one attached hydrogen (secondary N) is 1. The first kappa shape index (κ1) is 34.6. The lowest BCUT2D eigenvalue weighted by Crippen LogP contribution is -2.45. The van der Waals surface area contributed by atoms with Gasteiger partial charge < -0.3 is 51.3 Å². The van der Waals surface area contributed by atoms with E-state index in [2.05, 4.69) is 4.98 Å². The van der Waals surface area contributed by atoms with Crippen molar-refractivity contribution >= 4 is 34.8 Å². The number of carbonyl (C=O) groups is 4. The molecule has 256 valence electrons. The van der Waals surface area contributed by atoms with Gasteiger partial charge in [0.15, 0.2) is 6.10 Å². The highest BCUT2D eigenvalue weighted by Gasteiger charge is 2.46. The Hall–Kier alpha value is -5.70. The summed E-state index contributed by atoms with van der Waals surface area (Å²) in [5.41, 5.74) is 21.2. The van der Waals surface area contributed by atoms with E-state index < -0.39 is 72.3 Å². The van der Waals surface area contributed by atoms with Crippen LogP contribution in [-0.2, 0) is 57.4 Å². The number of fused-ring (bicyclic) bond motifs is 1. The maximum atomic E-state index is 13.3. The number of aromatic nitrogens is 1. The average Bonchev–Trinajstić information content (AvgIpc) is 3.63. The molecule has 3 aromatic carbocycles. The lowest BCUT2D eigenvalue weighted by atomic mass is 10.1. The molecule has 0 fully saturated rings. The van der Waals surface area contributed by atoms with Gasteiger partial charge in [0, 0.05) is 23.5 Å². The summed E-state index contributed by atoms with van der Waals surface area (Å²) in [5.74, 6) is -5.85. The zero-order valence-electron chi connectivity index (χ0n) is 26.2. The molecule has 0 bridgehead atoms. The largest absolute Gasteiger partial charge is 0.508 e. The summed E-state index contributed by atoms with van der Waals surface area (Å²) in [5, 5.41) is 20.9. The molecule has 14 nitrogen and oxygen atoms in total. The van der Waals surface area contributed by atoms with Crippen molar-refractivity contribution in [1.82, 2.24) is 4.98 Å². The number of aliphatic hydroxyl groups is 1. The number of H-pyrrole nitrogens is 1. The molecule has 1 aromatic heterocycles. The van der Waals surface area contributed by atoms with Crippen LogP contribution in [0.25, 0.3) is 10.9 Å². The predicted octanol–water partition coefficient (Wildman–Crippen LogP) is 1.58. The van der Waals surface area contributed by atoms with Gasteiger partial charge in [0.1, 0.15) is 30.5 Å². The first-order chi connectivity index (χ1) is 23.5. The van der Waals surface area contributed by atoms with E-state index in [1.54, 1.807) is 48.7 Å². The molecule has 4 aromatic rings. The number of phenolic OH excluding ortho intramolecular Hbond substituents is 1.